The third kappa shape index (κ3) is 7.52. The van der Waals surface area contributed by atoms with Gasteiger partial charge >= 0.3 is 6.09 Å². The monoisotopic (exact) mass is 382 g/mol. The van der Waals surface area contributed by atoms with Crippen molar-refractivity contribution in [1.29, 1.82) is 0 Å². The number of amides is 2. The van der Waals surface area contributed by atoms with Crippen LogP contribution in [0.1, 0.15) is 46.5 Å². The van der Waals surface area contributed by atoms with Crippen LogP contribution >= 0.6 is 11.6 Å². The Morgan fingerprint density at radius 3 is 2.12 bits per heavy atom. The predicted octanol–water partition coefficient (Wildman–Crippen LogP) is 3.67. The van der Waals surface area contributed by atoms with E-state index in [2.05, 4.69) is 10.6 Å². The van der Waals surface area contributed by atoms with Crippen molar-refractivity contribution in [3.63, 3.8) is 0 Å². The standard InChI is InChI=1S/C19H27ClN2O4/c1-19(2,3)26-18(24)22-15-8-6-14(7-9-15)21-17(23)12-25-16-10-4-13(20)5-11-16/h4-5,10-11,14-15H,6-9,12H2,1-3H3,(H,21,23)(H,22,24). The van der Waals surface area contributed by atoms with Gasteiger partial charge in [-0.1, -0.05) is 11.6 Å². The van der Waals surface area contributed by atoms with Gasteiger partial charge in [0.2, 0.25) is 0 Å². The van der Waals surface area contributed by atoms with Crippen molar-refractivity contribution in [2.75, 3.05) is 6.61 Å². The summed E-state index contributed by atoms with van der Waals surface area (Å²) in [5, 5.41) is 6.49. The largest absolute Gasteiger partial charge is 0.484 e. The minimum atomic E-state index is -0.501. The van der Waals surface area contributed by atoms with Gasteiger partial charge in [-0.3, -0.25) is 4.79 Å². The Morgan fingerprint density at radius 2 is 1.58 bits per heavy atom. The van der Waals surface area contributed by atoms with Crippen LogP contribution in [0, 0.1) is 0 Å². The maximum Gasteiger partial charge on any atom is 0.407 e. The molecule has 2 amide bonds. The molecule has 1 aromatic rings. The third-order valence-corrected chi connectivity index (χ3v) is 4.25. The van der Waals surface area contributed by atoms with Crippen LogP contribution in [0.3, 0.4) is 0 Å². The molecular formula is C19H27ClN2O4. The molecule has 0 aromatic heterocycles. The van der Waals surface area contributed by atoms with E-state index in [1.54, 1.807) is 24.3 Å². The van der Waals surface area contributed by atoms with Crippen molar-refractivity contribution in [3.05, 3.63) is 29.3 Å². The Kier molecular flexibility index (Phi) is 7.14. The summed E-state index contributed by atoms with van der Waals surface area (Å²) in [6.45, 7) is 5.49. The quantitative estimate of drug-likeness (QED) is 0.814. The van der Waals surface area contributed by atoms with E-state index in [0.29, 0.717) is 10.8 Å². The molecule has 144 valence electrons. The first-order chi connectivity index (χ1) is 12.2. The molecule has 0 heterocycles. The third-order valence-electron chi connectivity index (χ3n) is 4.00. The first-order valence-electron chi connectivity index (χ1n) is 8.88. The summed E-state index contributed by atoms with van der Waals surface area (Å²) >= 11 is 5.81. The molecular weight excluding hydrogens is 356 g/mol. The van der Waals surface area contributed by atoms with Gasteiger partial charge in [0.05, 0.1) is 0 Å². The summed E-state index contributed by atoms with van der Waals surface area (Å²) in [5.74, 6) is 0.457. The zero-order chi connectivity index (χ0) is 19.2. The van der Waals surface area contributed by atoms with Gasteiger partial charge in [-0.15, -0.1) is 0 Å². The number of alkyl carbamates (subject to hydrolysis) is 1. The van der Waals surface area contributed by atoms with E-state index in [0.717, 1.165) is 25.7 Å². The van der Waals surface area contributed by atoms with E-state index in [1.807, 2.05) is 20.8 Å². The molecule has 1 aromatic carbocycles. The van der Waals surface area contributed by atoms with Crippen molar-refractivity contribution < 1.29 is 19.1 Å². The Hall–Kier alpha value is -1.95. The number of rotatable bonds is 5. The van der Waals surface area contributed by atoms with Gasteiger partial charge in [0.25, 0.3) is 5.91 Å². The van der Waals surface area contributed by atoms with Crippen LogP contribution in [0.15, 0.2) is 24.3 Å². The van der Waals surface area contributed by atoms with Crippen molar-refractivity contribution in [3.8, 4) is 5.75 Å². The molecule has 1 aliphatic carbocycles. The first-order valence-corrected chi connectivity index (χ1v) is 9.26. The summed E-state index contributed by atoms with van der Waals surface area (Å²) in [6.07, 6.45) is 2.85. The molecule has 0 saturated heterocycles. The van der Waals surface area contributed by atoms with Gasteiger partial charge in [0, 0.05) is 17.1 Å². The van der Waals surface area contributed by atoms with Crippen molar-refractivity contribution in [1.82, 2.24) is 10.6 Å². The maximum absolute atomic E-state index is 12.0. The van der Waals surface area contributed by atoms with Crippen LogP contribution in [-0.4, -0.2) is 36.3 Å². The minimum Gasteiger partial charge on any atom is -0.484 e. The Balaban J connectivity index is 1.65. The molecule has 2 N–H and O–H groups in total. The van der Waals surface area contributed by atoms with Crippen molar-refractivity contribution >= 4 is 23.6 Å². The Morgan fingerprint density at radius 1 is 1.04 bits per heavy atom. The summed E-state index contributed by atoms with van der Waals surface area (Å²) < 4.78 is 10.7. The fourth-order valence-electron chi connectivity index (χ4n) is 2.81. The number of benzene rings is 1. The molecule has 1 aliphatic rings. The van der Waals surface area contributed by atoms with E-state index in [9.17, 15) is 9.59 Å². The van der Waals surface area contributed by atoms with Crippen molar-refractivity contribution in [2.45, 2.75) is 64.1 Å². The zero-order valence-electron chi connectivity index (χ0n) is 15.5. The number of hydrogen-bond donors (Lipinski definition) is 2. The van der Waals surface area contributed by atoms with Crippen molar-refractivity contribution in [2.24, 2.45) is 0 Å². The molecule has 26 heavy (non-hydrogen) atoms. The number of hydrogen-bond acceptors (Lipinski definition) is 4. The van der Waals surface area contributed by atoms with Crippen LogP contribution in [0.5, 0.6) is 5.75 Å². The second-order valence-electron chi connectivity index (χ2n) is 7.50. The first kappa shape index (κ1) is 20.4. The fraction of sp³-hybridized carbons (Fsp3) is 0.579. The average Bonchev–Trinajstić information content (AvgIpc) is 2.54. The SMILES string of the molecule is CC(C)(C)OC(=O)NC1CCC(NC(=O)COc2ccc(Cl)cc2)CC1. The molecule has 0 unspecified atom stereocenters. The summed E-state index contributed by atoms with van der Waals surface area (Å²) in [6, 6.07) is 7.07. The van der Waals surface area contributed by atoms with Crippen LogP contribution in [0.4, 0.5) is 4.79 Å². The normalized spacial score (nSPS) is 20.2. The lowest BCUT2D eigenvalue weighted by Crippen LogP contribution is -2.45. The summed E-state index contributed by atoms with van der Waals surface area (Å²) in [4.78, 5) is 23.8. The lowest BCUT2D eigenvalue weighted by Gasteiger charge is -2.30. The molecule has 0 radical (unpaired) electrons. The Labute approximate surface area is 159 Å². The van der Waals surface area contributed by atoms with E-state index in [1.165, 1.54) is 0 Å². The highest BCUT2D eigenvalue weighted by molar-refractivity contribution is 6.30. The van der Waals surface area contributed by atoms with Gasteiger partial charge in [-0.25, -0.2) is 4.79 Å². The molecule has 0 aliphatic heterocycles. The van der Waals surface area contributed by atoms with Crippen LogP contribution in [0.25, 0.3) is 0 Å². The average molecular weight is 383 g/mol. The topological polar surface area (TPSA) is 76.7 Å². The number of ether oxygens (including phenoxy) is 2. The van der Waals surface area contributed by atoms with Gasteiger partial charge in [0.15, 0.2) is 6.61 Å². The highest BCUT2D eigenvalue weighted by atomic mass is 35.5. The molecule has 0 bridgehead atoms. The van der Waals surface area contributed by atoms with E-state index < -0.39 is 5.60 Å². The number of halogens is 1. The molecule has 1 fully saturated rings. The molecule has 6 nitrogen and oxygen atoms in total. The smallest absolute Gasteiger partial charge is 0.407 e. The summed E-state index contributed by atoms with van der Waals surface area (Å²) in [7, 11) is 0. The molecule has 0 atom stereocenters. The predicted molar refractivity (Wildman–Crippen MR) is 101 cm³/mol. The van der Waals surface area contributed by atoms with E-state index in [-0.39, 0.29) is 30.7 Å². The lowest BCUT2D eigenvalue weighted by atomic mass is 9.91. The van der Waals surface area contributed by atoms with E-state index >= 15 is 0 Å². The van der Waals surface area contributed by atoms with Crippen LogP contribution in [0.2, 0.25) is 5.02 Å². The maximum atomic E-state index is 12.0. The zero-order valence-corrected chi connectivity index (χ0v) is 16.3. The molecule has 1 saturated carbocycles. The van der Waals surface area contributed by atoms with Gasteiger partial charge < -0.3 is 20.1 Å². The fourth-order valence-corrected chi connectivity index (χ4v) is 2.93. The molecule has 2 rings (SSSR count). The van der Waals surface area contributed by atoms with Gasteiger partial charge in [-0.05, 0) is 70.7 Å². The second kappa shape index (κ2) is 9.12. The highest BCUT2D eigenvalue weighted by Crippen LogP contribution is 2.20. The van der Waals surface area contributed by atoms with E-state index in [4.69, 9.17) is 21.1 Å². The lowest BCUT2D eigenvalue weighted by molar-refractivity contribution is -0.124. The number of nitrogens with one attached hydrogen (secondary N) is 2. The summed E-state index contributed by atoms with van der Waals surface area (Å²) in [5.41, 5.74) is -0.501. The van der Waals surface area contributed by atoms with Crippen LogP contribution in [-0.2, 0) is 9.53 Å². The minimum absolute atomic E-state index is 0.0300. The van der Waals surface area contributed by atoms with Gasteiger partial charge in [0.1, 0.15) is 11.4 Å². The Bertz CT molecular complexity index is 605. The number of carbonyl (C=O) groups is 2. The van der Waals surface area contributed by atoms with Gasteiger partial charge in [-0.2, -0.15) is 0 Å². The molecule has 7 heteroatoms. The van der Waals surface area contributed by atoms with Crippen LogP contribution < -0.4 is 15.4 Å². The second-order valence-corrected chi connectivity index (χ2v) is 7.94. The number of carbonyl (C=O) groups excluding carboxylic acids is 2. The molecule has 0 spiro atoms. The highest BCUT2D eigenvalue weighted by Gasteiger charge is 2.25.